The van der Waals surface area contributed by atoms with Gasteiger partial charge >= 0.3 is 0 Å². The topological polar surface area (TPSA) is 66.2 Å². The van der Waals surface area contributed by atoms with Gasteiger partial charge in [0.05, 0.1) is 12.6 Å². The second-order valence-electron chi connectivity index (χ2n) is 3.69. The molecule has 4 N–H and O–H groups in total. The molecular weight excluding hydrogens is 262 g/mol. The van der Waals surface area contributed by atoms with E-state index in [9.17, 15) is 0 Å². The van der Waals surface area contributed by atoms with Crippen LogP contribution >= 0.6 is 35.8 Å². The maximum atomic E-state index is 5.97. The molecule has 1 aromatic heterocycles. The number of aromatic nitrogens is 1. The summed E-state index contributed by atoms with van der Waals surface area (Å²) in [5.41, 5.74) is 11.5. The summed E-state index contributed by atoms with van der Waals surface area (Å²) in [5, 5.41) is 0. The summed E-state index contributed by atoms with van der Waals surface area (Å²) in [4.78, 5) is 1.01. The minimum absolute atomic E-state index is 0.211. The van der Waals surface area contributed by atoms with Crippen LogP contribution in [0, 0.1) is 3.95 Å². The lowest BCUT2D eigenvalue weighted by molar-refractivity contribution is 0.0974. The van der Waals surface area contributed by atoms with Gasteiger partial charge in [-0.1, -0.05) is 12.2 Å². The van der Waals surface area contributed by atoms with Crippen molar-refractivity contribution in [2.75, 3.05) is 12.3 Å². The Morgan fingerprint density at radius 3 is 2.88 bits per heavy atom. The zero-order valence-electron chi connectivity index (χ0n) is 8.64. The van der Waals surface area contributed by atoms with Crippen molar-refractivity contribution in [1.82, 2.24) is 4.57 Å². The largest absolute Gasteiger partial charge is 0.389 e. The zero-order chi connectivity index (χ0) is 11.7. The van der Waals surface area contributed by atoms with Gasteiger partial charge in [-0.2, -0.15) is 0 Å². The van der Waals surface area contributed by atoms with Crippen molar-refractivity contribution < 1.29 is 4.74 Å². The Balaban J connectivity index is 2.26. The first-order chi connectivity index (χ1) is 7.59. The highest BCUT2D eigenvalue weighted by atomic mass is 32.1. The van der Waals surface area contributed by atoms with Gasteiger partial charge in [0.1, 0.15) is 15.7 Å². The summed E-state index contributed by atoms with van der Waals surface area (Å²) in [6, 6.07) is 0. The van der Waals surface area contributed by atoms with Crippen LogP contribution in [0.1, 0.15) is 17.7 Å². The van der Waals surface area contributed by atoms with Crippen molar-refractivity contribution >= 4 is 46.6 Å². The number of hydrogen-bond donors (Lipinski definition) is 2. The molecule has 1 fully saturated rings. The number of thiocarbonyl (C=S) groups is 1. The van der Waals surface area contributed by atoms with Gasteiger partial charge in [0.25, 0.3) is 0 Å². The van der Waals surface area contributed by atoms with Crippen LogP contribution in [0.5, 0.6) is 0 Å². The highest BCUT2D eigenvalue weighted by Crippen LogP contribution is 2.24. The third-order valence-corrected chi connectivity index (χ3v) is 4.40. The molecule has 1 saturated heterocycles. The molecule has 0 aliphatic carbocycles. The van der Waals surface area contributed by atoms with E-state index < -0.39 is 0 Å². The van der Waals surface area contributed by atoms with Crippen molar-refractivity contribution in [3.8, 4) is 0 Å². The molecule has 1 unspecified atom stereocenters. The van der Waals surface area contributed by atoms with Gasteiger partial charge < -0.3 is 20.8 Å². The molecule has 1 aromatic rings. The third-order valence-electron chi connectivity index (χ3n) is 2.57. The van der Waals surface area contributed by atoms with Crippen LogP contribution in [-0.2, 0) is 11.3 Å². The molecule has 16 heavy (non-hydrogen) atoms. The summed E-state index contributed by atoms with van der Waals surface area (Å²) in [6.45, 7) is 1.52. The molecule has 2 heterocycles. The Hall–Kier alpha value is -0.500. The molecule has 1 atom stereocenters. The average Bonchev–Trinajstić information content (AvgIpc) is 2.81. The van der Waals surface area contributed by atoms with Crippen molar-refractivity contribution in [1.29, 1.82) is 0 Å². The van der Waals surface area contributed by atoms with Gasteiger partial charge in [0.15, 0.2) is 3.95 Å². The predicted octanol–water partition coefficient (Wildman–Crippen LogP) is 1.67. The molecule has 7 heteroatoms. The van der Waals surface area contributed by atoms with E-state index in [2.05, 4.69) is 0 Å². The number of ether oxygens (including phenoxy) is 1. The standard InChI is InChI=1S/C9H13N3OS3/c10-7-6(8(11)14)16-9(15)12(7)4-5-2-1-3-13-5/h5H,1-4,10H2,(H2,11,14). The fourth-order valence-corrected chi connectivity index (χ4v) is 3.18. The Bertz CT molecular complexity index is 459. The van der Waals surface area contributed by atoms with Crippen molar-refractivity contribution in [2.24, 2.45) is 5.73 Å². The van der Waals surface area contributed by atoms with Crippen LogP contribution in [0.2, 0.25) is 0 Å². The second kappa shape index (κ2) is 4.79. The van der Waals surface area contributed by atoms with E-state index >= 15 is 0 Å². The van der Waals surface area contributed by atoms with Crippen LogP contribution in [-0.4, -0.2) is 22.3 Å². The normalized spacial score (nSPS) is 20.1. The lowest BCUT2D eigenvalue weighted by Gasteiger charge is -2.11. The average molecular weight is 275 g/mol. The van der Waals surface area contributed by atoms with Crippen LogP contribution in [0.15, 0.2) is 0 Å². The van der Waals surface area contributed by atoms with Gasteiger partial charge in [0, 0.05) is 6.61 Å². The third kappa shape index (κ3) is 2.27. The van der Waals surface area contributed by atoms with Crippen molar-refractivity contribution in [3.05, 3.63) is 8.83 Å². The number of nitrogens with two attached hydrogens (primary N) is 2. The molecule has 1 aliphatic rings. The fourth-order valence-electron chi connectivity index (χ4n) is 1.76. The Kier molecular flexibility index (Phi) is 3.58. The predicted molar refractivity (Wildman–Crippen MR) is 72.4 cm³/mol. The van der Waals surface area contributed by atoms with Crippen LogP contribution in [0.4, 0.5) is 5.82 Å². The van der Waals surface area contributed by atoms with E-state index in [1.165, 1.54) is 11.3 Å². The van der Waals surface area contributed by atoms with Crippen molar-refractivity contribution in [3.63, 3.8) is 0 Å². The summed E-state index contributed by atoms with van der Waals surface area (Å²) in [5.74, 6) is 0.568. The van der Waals surface area contributed by atoms with Crippen LogP contribution in [0.25, 0.3) is 0 Å². The molecule has 88 valence electrons. The SMILES string of the molecule is NC(=S)c1sc(=S)n(CC2CCCO2)c1N. The highest BCUT2D eigenvalue weighted by Gasteiger charge is 2.19. The number of rotatable bonds is 3. The summed E-state index contributed by atoms with van der Waals surface area (Å²) in [7, 11) is 0. The Morgan fingerprint density at radius 2 is 2.38 bits per heavy atom. The minimum atomic E-state index is 0.211. The molecule has 4 nitrogen and oxygen atoms in total. The zero-order valence-corrected chi connectivity index (χ0v) is 11.1. The summed E-state index contributed by atoms with van der Waals surface area (Å²) < 4.78 is 8.12. The minimum Gasteiger partial charge on any atom is -0.389 e. The second-order valence-corrected chi connectivity index (χ2v) is 5.78. The van der Waals surface area contributed by atoms with E-state index in [1.54, 1.807) is 0 Å². The number of thiazole rings is 1. The number of nitrogen functional groups attached to an aromatic ring is 1. The molecule has 0 amide bonds. The lowest BCUT2D eigenvalue weighted by atomic mass is 10.2. The molecule has 0 saturated carbocycles. The highest BCUT2D eigenvalue weighted by molar-refractivity contribution is 7.81. The van der Waals surface area contributed by atoms with Gasteiger partial charge in [-0.25, -0.2) is 0 Å². The molecule has 0 bridgehead atoms. The van der Waals surface area contributed by atoms with Gasteiger partial charge in [0.2, 0.25) is 0 Å². The van der Waals surface area contributed by atoms with Gasteiger partial charge in [-0.05, 0) is 25.1 Å². The first-order valence-electron chi connectivity index (χ1n) is 5.00. The quantitative estimate of drug-likeness (QED) is 0.822. The smallest absolute Gasteiger partial charge is 0.163 e. The van der Waals surface area contributed by atoms with E-state index in [0.29, 0.717) is 26.2 Å². The van der Waals surface area contributed by atoms with Crippen molar-refractivity contribution in [2.45, 2.75) is 25.5 Å². The van der Waals surface area contributed by atoms with Gasteiger partial charge in [-0.15, -0.1) is 11.3 Å². The van der Waals surface area contributed by atoms with Crippen LogP contribution in [0.3, 0.4) is 0 Å². The molecule has 0 aromatic carbocycles. The molecule has 2 rings (SSSR count). The van der Waals surface area contributed by atoms with Gasteiger partial charge in [-0.3, -0.25) is 0 Å². The number of anilines is 1. The maximum absolute atomic E-state index is 5.97. The molecule has 0 spiro atoms. The fraction of sp³-hybridized carbons (Fsp3) is 0.556. The Morgan fingerprint density at radius 1 is 1.62 bits per heavy atom. The Labute approximate surface area is 108 Å². The molecule has 1 aliphatic heterocycles. The molecule has 0 radical (unpaired) electrons. The molecular formula is C9H13N3OS3. The maximum Gasteiger partial charge on any atom is 0.163 e. The van der Waals surface area contributed by atoms with E-state index in [-0.39, 0.29) is 6.10 Å². The summed E-state index contributed by atoms with van der Waals surface area (Å²) in [6.07, 6.45) is 2.37. The summed E-state index contributed by atoms with van der Waals surface area (Å²) >= 11 is 11.5. The van der Waals surface area contributed by atoms with E-state index in [0.717, 1.165) is 19.4 Å². The number of nitrogens with zero attached hydrogens (tertiary/aromatic N) is 1. The van der Waals surface area contributed by atoms with E-state index in [4.69, 9.17) is 40.6 Å². The van der Waals surface area contributed by atoms with E-state index in [1.807, 2.05) is 4.57 Å². The first kappa shape index (κ1) is 12.0. The van der Waals surface area contributed by atoms with Crippen LogP contribution < -0.4 is 11.5 Å². The first-order valence-corrected chi connectivity index (χ1v) is 6.63. The monoisotopic (exact) mass is 275 g/mol. The lowest BCUT2D eigenvalue weighted by Crippen LogP contribution is -2.18. The number of hydrogen-bond acceptors (Lipinski definition) is 5.